The quantitative estimate of drug-likeness (QED) is 0.857. The Hall–Kier alpha value is -1.84. The summed E-state index contributed by atoms with van der Waals surface area (Å²) in [7, 11) is 1.91. The fourth-order valence-electron chi connectivity index (χ4n) is 1.63. The molecule has 0 saturated carbocycles. The van der Waals surface area contributed by atoms with Crippen LogP contribution >= 0.6 is 0 Å². The molecular weight excluding hydrogens is 200 g/mol. The lowest BCUT2D eigenvalue weighted by atomic mass is 10.2. The monoisotopic (exact) mass is 216 g/mol. The van der Waals surface area contributed by atoms with E-state index in [0.717, 1.165) is 17.1 Å². The molecule has 0 fully saturated rings. The van der Waals surface area contributed by atoms with Crippen molar-refractivity contribution in [1.82, 2.24) is 14.8 Å². The van der Waals surface area contributed by atoms with Gasteiger partial charge in [-0.15, -0.1) is 0 Å². The molecule has 0 spiro atoms. The second-order valence-electron chi connectivity index (χ2n) is 3.94. The maximum absolute atomic E-state index is 4.56. The fourth-order valence-corrected chi connectivity index (χ4v) is 1.63. The van der Waals surface area contributed by atoms with Crippen LogP contribution in [0, 0.1) is 0 Å². The highest BCUT2D eigenvalue weighted by Crippen LogP contribution is 2.23. The van der Waals surface area contributed by atoms with Crippen molar-refractivity contribution in [3.05, 3.63) is 30.6 Å². The van der Waals surface area contributed by atoms with Crippen LogP contribution in [0.4, 0.5) is 5.82 Å². The van der Waals surface area contributed by atoms with Gasteiger partial charge in [0.25, 0.3) is 0 Å². The second kappa shape index (κ2) is 4.35. The largest absolute Gasteiger partial charge is 0.373 e. The number of pyridine rings is 1. The van der Waals surface area contributed by atoms with E-state index in [1.165, 1.54) is 0 Å². The van der Waals surface area contributed by atoms with E-state index in [9.17, 15) is 0 Å². The first-order valence-corrected chi connectivity index (χ1v) is 5.40. The van der Waals surface area contributed by atoms with Crippen LogP contribution in [0.15, 0.2) is 30.6 Å². The van der Waals surface area contributed by atoms with Crippen molar-refractivity contribution in [2.45, 2.75) is 19.9 Å². The molecule has 0 aliphatic heterocycles. The van der Waals surface area contributed by atoms with E-state index >= 15 is 0 Å². The van der Waals surface area contributed by atoms with Gasteiger partial charge < -0.3 is 5.32 Å². The first kappa shape index (κ1) is 10.7. The number of anilines is 1. The molecule has 0 bridgehead atoms. The van der Waals surface area contributed by atoms with Crippen molar-refractivity contribution in [1.29, 1.82) is 0 Å². The Morgan fingerprint density at radius 1 is 1.38 bits per heavy atom. The summed E-state index contributed by atoms with van der Waals surface area (Å²) < 4.78 is 1.97. The van der Waals surface area contributed by atoms with Gasteiger partial charge in [-0.05, 0) is 26.0 Å². The van der Waals surface area contributed by atoms with Gasteiger partial charge in [-0.1, -0.05) is 0 Å². The Labute approximate surface area is 95.3 Å². The van der Waals surface area contributed by atoms with Gasteiger partial charge in [0.2, 0.25) is 0 Å². The first-order chi connectivity index (χ1) is 7.72. The minimum absolute atomic E-state index is 0.341. The third-order valence-electron chi connectivity index (χ3n) is 2.44. The van der Waals surface area contributed by atoms with E-state index in [4.69, 9.17) is 0 Å². The van der Waals surface area contributed by atoms with E-state index < -0.39 is 0 Å². The molecule has 16 heavy (non-hydrogen) atoms. The lowest BCUT2D eigenvalue weighted by Gasteiger charge is -2.09. The molecule has 0 saturated heterocycles. The zero-order chi connectivity index (χ0) is 11.5. The van der Waals surface area contributed by atoms with Gasteiger partial charge in [0.05, 0.1) is 5.69 Å². The molecule has 0 aliphatic rings. The minimum atomic E-state index is 0.341. The number of aromatic nitrogens is 3. The van der Waals surface area contributed by atoms with Crippen LogP contribution in [-0.2, 0) is 0 Å². The number of hydrogen-bond donors (Lipinski definition) is 1. The summed E-state index contributed by atoms with van der Waals surface area (Å²) in [6.45, 7) is 4.22. The van der Waals surface area contributed by atoms with E-state index in [1.807, 2.05) is 36.1 Å². The Bertz CT molecular complexity index is 459. The van der Waals surface area contributed by atoms with E-state index in [1.54, 1.807) is 6.20 Å². The van der Waals surface area contributed by atoms with Gasteiger partial charge >= 0.3 is 0 Å². The fraction of sp³-hybridized carbons (Fsp3) is 0.333. The van der Waals surface area contributed by atoms with Crippen molar-refractivity contribution in [3.63, 3.8) is 0 Å². The van der Waals surface area contributed by atoms with Gasteiger partial charge in [0, 0.05) is 37.1 Å². The molecule has 4 heteroatoms. The molecule has 0 atom stereocenters. The van der Waals surface area contributed by atoms with Crippen LogP contribution in [0.1, 0.15) is 19.9 Å². The van der Waals surface area contributed by atoms with Crippen molar-refractivity contribution in [2.24, 2.45) is 0 Å². The summed E-state index contributed by atoms with van der Waals surface area (Å²) in [4.78, 5) is 4.10. The molecule has 4 nitrogen and oxygen atoms in total. The number of rotatable bonds is 3. The standard InChI is InChI=1S/C12H16N4/c1-9(2)16-12(13-3)7-11(15-16)10-5-4-6-14-8-10/h4-9,13H,1-3H3. The van der Waals surface area contributed by atoms with Gasteiger partial charge in [-0.3, -0.25) is 4.98 Å². The normalized spacial score (nSPS) is 10.8. The summed E-state index contributed by atoms with van der Waals surface area (Å²) >= 11 is 0. The predicted octanol–water partition coefficient (Wildman–Crippen LogP) is 2.57. The van der Waals surface area contributed by atoms with Crippen LogP contribution < -0.4 is 5.32 Å². The lowest BCUT2D eigenvalue weighted by Crippen LogP contribution is -2.06. The van der Waals surface area contributed by atoms with Crippen LogP contribution in [-0.4, -0.2) is 21.8 Å². The van der Waals surface area contributed by atoms with Crippen molar-refractivity contribution in [2.75, 3.05) is 12.4 Å². The van der Waals surface area contributed by atoms with Crippen molar-refractivity contribution >= 4 is 5.82 Å². The summed E-state index contributed by atoms with van der Waals surface area (Å²) in [6, 6.07) is 6.31. The molecule has 0 aliphatic carbocycles. The van der Waals surface area contributed by atoms with Crippen LogP contribution in [0.3, 0.4) is 0 Å². The first-order valence-electron chi connectivity index (χ1n) is 5.40. The molecular formula is C12H16N4. The topological polar surface area (TPSA) is 42.7 Å². The molecule has 2 aromatic heterocycles. The van der Waals surface area contributed by atoms with Crippen molar-refractivity contribution < 1.29 is 0 Å². The number of hydrogen-bond acceptors (Lipinski definition) is 3. The van der Waals surface area contributed by atoms with E-state index in [-0.39, 0.29) is 0 Å². The lowest BCUT2D eigenvalue weighted by molar-refractivity contribution is 0.540. The summed E-state index contributed by atoms with van der Waals surface area (Å²) in [5, 5.41) is 7.71. The van der Waals surface area contributed by atoms with Gasteiger partial charge in [0.15, 0.2) is 0 Å². The molecule has 84 valence electrons. The predicted molar refractivity (Wildman–Crippen MR) is 65.4 cm³/mol. The average Bonchev–Trinajstić information content (AvgIpc) is 2.74. The molecule has 0 amide bonds. The zero-order valence-electron chi connectivity index (χ0n) is 9.81. The molecule has 1 N–H and O–H groups in total. The summed E-state index contributed by atoms with van der Waals surface area (Å²) in [5.41, 5.74) is 1.99. The van der Waals surface area contributed by atoms with E-state index in [0.29, 0.717) is 6.04 Å². The summed E-state index contributed by atoms with van der Waals surface area (Å²) in [6.07, 6.45) is 3.59. The Balaban J connectivity index is 2.44. The van der Waals surface area contributed by atoms with Gasteiger partial charge in [-0.2, -0.15) is 5.10 Å². The smallest absolute Gasteiger partial charge is 0.124 e. The number of nitrogens with zero attached hydrogens (tertiary/aromatic N) is 3. The Morgan fingerprint density at radius 3 is 2.69 bits per heavy atom. The van der Waals surface area contributed by atoms with Gasteiger partial charge in [0.1, 0.15) is 5.82 Å². The third kappa shape index (κ3) is 1.91. The number of nitrogens with one attached hydrogen (secondary N) is 1. The van der Waals surface area contributed by atoms with Gasteiger partial charge in [-0.25, -0.2) is 4.68 Å². The Kier molecular flexibility index (Phi) is 2.90. The van der Waals surface area contributed by atoms with Crippen LogP contribution in [0.25, 0.3) is 11.3 Å². The van der Waals surface area contributed by atoms with Crippen molar-refractivity contribution in [3.8, 4) is 11.3 Å². The van der Waals surface area contributed by atoms with Crippen LogP contribution in [0.2, 0.25) is 0 Å². The highest BCUT2D eigenvalue weighted by atomic mass is 15.3. The summed E-state index contributed by atoms with van der Waals surface area (Å²) in [5.74, 6) is 1.02. The highest BCUT2D eigenvalue weighted by Gasteiger charge is 2.10. The third-order valence-corrected chi connectivity index (χ3v) is 2.44. The molecule has 0 radical (unpaired) electrons. The van der Waals surface area contributed by atoms with E-state index in [2.05, 4.69) is 29.2 Å². The maximum atomic E-state index is 4.56. The molecule has 2 aromatic rings. The van der Waals surface area contributed by atoms with Crippen LogP contribution in [0.5, 0.6) is 0 Å². The zero-order valence-corrected chi connectivity index (χ0v) is 9.81. The molecule has 2 rings (SSSR count). The molecule has 0 aromatic carbocycles. The second-order valence-corrected chi connectivity index (χ2v) is 3.94. The SMILES string of the molecule is CNc1cc(-c2cccnc2)nn1C(C)C. The minimum Gasteiger partial charge on any atom is -0.373 e. The average molecular weight is 216 g/mol. The molecule has 2 heterocycles. The Morgan fingerprint density at radius 2 is 2.19 bits per heavy atom. The molecule has 0 unspecified atom stereocenters. The highest BCUT2D eigenvalue weighted by molar-refractivity contribution is 5.62. The maximum Gasteiger partial charge on any atom is 0.124 e.